The van der Waals surface area contributed by atoms with Crippen molar-refractivity contribution in [2.24, 2.45) is 0 Å². The number of allylic oxidation sites excluding steroid dienone is 20. The summed E-state index contributed by atoms with van der Waals surface area (Å²) in [6.07, 6.45) is 97.3. The highest BCUT2D eigenvalue weighted by Crippen LogP contribution is 2.43. The maximum atomic E-state index is 12.9. The topological polar surface area (TPSA) is 108 Å². The fourth-order valence-electron chi connectivity index (χ4n) is 9.95. The zero-order chi connectivity index (χ0) is 64.1. The molecule has 10 heteroatoms. The molecule has 0 aliphatic heterocycles. The summed E-state index contributed by atoms with van der Waals surface area (Å²) in [6.45, 7) is 4.33. The van der Waals surface area contributed by atoms with E-state index in [4.69, 9.17) is 18.5 Å². The van der Waals surface area contributed by atoms with Crippen molar-refractivity contribution in [2.75, 3.05) is 47.5 Å². The van der Waals surface area contributed by atoms with Crippen LogP contribution in [0.5, 0.6) is 0 Å². The Labute approximate surface area is 543 Å². The average Bonchev–Trinajstić information content (AvgIpc) is 3.68. The highest BCUT2D eigenvalue weighted by Gasteiger charge is 2.27. The van der Waals surface area contributed by atoms with Gasteiger partial charge in [0.1, 0.15) is 19.8 Å². The molecule has 0 bridgehead atoms. The lowest BCUT2D eigenvalue weighted by atomic mass is 10.0. The highest BCUT2D eigenvalue weighted by atomic mass is 31.2. The maximum absolute atomic E-state index is 12.9. The van der Waals surface area contributed by atoms with Crippen LogP contribution in [-0.2, 0) is 32.7 Å². The first-order valence-corrected chi connectivity index (χ1v) is 37.8. The summed E-state index contributed by atoms with van der Waals surface area (Å²) < 4.78 is 34.7. The van der Waals surface area contributed by atoms with E-state index in [0.29, 0.717) is 17.4 Å². The number of quaternary nitrogens is 1. The van der Waals surface area contributed by atoms with E-state index in [9.17, 15) is 19.0 Å². The Morgan fingerprint density at radius 1 is 0.364 bits per heavy atom. The number of phosphoric ester groups is 1. The lowest BCUT2D eigenvalue weighted by Gasteiger charge is -2.24. The fourth-order valence-corrected chi connectivity index (χ4v) is 10.7. The van der Waals surface area contributed by atoms with Crippen molar-refractivity contribution >= 4 is 19.8 Å². The van der Waals surface area contributed by atoms with Crippen LogP contribution < -0.4 is 0 Å². The molecule has 0 amide bonds. The monoisotopic (exact) mass is 1250 g/mol. The van der Waals surface area contributed by atoms with Crippen LogP contribution in [0, 0.1) is 0 Å². The minimum absolute atomic E-state index is 0.0277. The molecule has 0 radical (unpaired) electrons. The maximum Gasteiger partial charge on any atom is 0.472 e. The quantitative estimate of drug-likeness (QED) is 0.0211. The van der Waals surface area contributed by atoms with E-state index in [0.717, 1.165) is 96.3 Å². The molecule has 88 heavy (non-hydrogen) atoms. The summed E-state index contributed by atoms with van der Waals surface area (Å²) in [4.78, 5) is 35.9. The summed E-state index contributed by atoms with van der Waals surface area (Å²) in [7, 11) is 1.47. The van der Waals surface area contributed by atoms with Crippen LogP contribution in [0.25, 0.3) is 0 Å². The van der Waals surface area contributed by atoms with E-state index in [-0.39, 0.29) is 32.0 Å². The SMILES string of the molecule is CC/C=C\C/C=C\C/C=C\C/C=C\C/C=C\C/C=C\C/C=C\CCCCCCCCCCCCCCCCCCCC(=O)OC(COC(=O)CCCCCCCCCCCC/C=C\C/C=C\C/C=C\CCCCCCC)COP(=O)(O)OCC[N+](C)(C)C. The molecular formula is C78H137NO8P+. The number of nitrogens with zero attached hydrogens (tertiary/aromatic N) is 1. The fraction of sp³-hybridized carbons (Fsp3) is 0.718. The van der Waals surface area contributed by atoms with Crippen LogP contribution in [0.3, 0.4) is 0 Å². The van der Waals surface area contributed by atoms with Crippen LogP contribution in [0.15, 0.2) is 122 Å². The zero-order valence-corrected chi connectivity index (χ0v) is 58.6. The van der Waals surface area contributed by atoms with E-state index in [2.05, 4.69) is 135 Å². The molecule has 0 fully saturated rings. The van der Waals surface area contributed by atoms with Gasteiger partial charge in [0.05, 0.1) is 27.7 Å². The first-order valence-electron chi connectivity index (χ1n) is 36.3. The first kappa shape index (κ1) is 84.4. The van der Waals surface area contributed by atoms with E-state index in [1.807, 2.05) is 21.1 Å². The number of hydrogen-bond acceptors (Lipinski definition) is 7. The van der Waals surface area contributed by atoms with Gasteiger partial charge in [-0.05, 0) is 109 Å². The van der Waals surface area contributed by atoms with Crippen molar-refractivity contribution in [3.05, 3.63) is 122 Å². The minimum Gasteiger partial charge on any atom is -0.462 e. The normalized spacial score (nSPS) is 13.8. The molecule has 9 nitrogen and oxygen atoms in total. The second-order valence-electron chi connectivity index (χ2n) is 25.2. The van der Waals surface area contributed by atoms with Crippen molar-refractivity contribution in [1.29, 1.82) is 0 Å². The lowest BCUT2D eigenvalue weighted by molar-refractivity contribution is -0.870. The Kier molecular flexibility index (Phi) is 65.0. The number of esters is 2. The van der Waals surface area contributed by atoms with Crippen LogP contribution in [0.4, 0.5) is 0 Å². The molecule has 0 heterocycles. The predicted octanol–water partition coefficient (Wildman–Crippen LogP) is 23.8. The summed E-state index contributed by atoms with van der Waals surface area (Å²) in [6, 6.07) is 0. The van der Waals surface area contributed by atoms with Gasteiger partial charge in [0.15, 0.2) is 6.10 Å². The molecule has 0 saturated carbocycles. The van der Waals surface area contributed by atoms with Gasteiger partial charge in [0, 0.05) is 12.8 Å². The van der Waals surface area contributed by atoms with E-state index >= 15 is 0 Å². The molecule has 0 spiro atoms. The first-order chi connectivity index (χ1) is 43.0. The van der Waals surface area contributed by atoms with Gasteiger partial charge < -0.3 is 18.9 Å². The van der Waals surface area contributed by atoms with E-state index in [1.165, 1.54) is 180 Å². The Morgan fingerprint density at radius 2 is 0.648 bits per heavy atom. The third-order valence-electron chi connectivity index (χ3n) is 15.5. The van der Waals surface area contributed by atoms with Gasteiger partial charge >= 0.3 is 19.8 Å². The minimum atomic E-state index is -4.40. The van der Waals surface area contributed by atoms with Crippen molar-refractivity contribution in [3.63, 3.8) is 0 Å². The van der Waals surface area contributed by atoms with Crippen molar-refractivity contribution < 1.29 is 42.1 Å². The molecule has 0 aliphatic carbocycles. The molecule has 0 aliphatic rings. The van der Waals surface area contributed by atoms with Gasteiger partial charge in [-0.3, -0.25) is 18.6 Å². The molecule has 506 valence electrons. The summed E-state index contributed by atoms with van der Waals surface area (Å²) in [5, 5.41) is 0. The summed E-state index contributed by atoms with van der Waals surface area (Å²) >= 11 is 0. The highest BCUT2D eigenvalue weighted by molar-refractivity contribution is 7.47. The number of phosphoric acid groups is 1. The molecule has 0 aromatic rings. The number of rotatable bonds is 66. The second-order valence-corrected chi connectivity index (χ2v) is 26.7. The summed E-state index contributed by atoms with van der Waals surface area (Å²) in [5.74, 6) is -0.796. The van der Waals surface area contributed by atoms with Gasteiger partial charge in [-0.15, -0.1) is 0 Å². The Morgan fingerprint density at radius 3 is 0.966 bits per heavy atom. The molecule has 1 N–H and O–H groups in total. The van der Waals surface area contributed by atoms with Gasteiger partial charge in [-0.2, -0.15) is 0 Å². The smallest absolute Gasteiger partial charge is 0.462 e. The van der Waals surface area contributed by atoms with Crippen molar-refractivity contribution in [1.82, 2.24) is 0 Å². The van der Waals surface area contributed by atoms with E-state index in [1.54, 1.807) is 0 Å². The van der Waals surface area contributed by atoms with Crippen LogP contribution in [0.2, 0.25) is 0 Å². The number of carbonyl (C=O) groups is 2. The largest absolute Gasteiger partial charge is 0.472 e. The van der Waals surface area contributed by atoms with Crippen LogP contribution in [-0.4, -0.2) is 74.9 Å². The van der Waals surface area contributed by atoms with E-state index < -0.39 is 26.5 Å². The number of hydrogen-bond donors (Lipinski definition) is 1. The second kappa shape index (κ2) is 67.8. The number of unbranched alkanes of at least 4 members (excludes halogenated alkanes) is 32. The van der Waals surface area contributed by atoms with Gasteiger partial charge in [-0.25, -0.2) is 4.57 Å². The van der Waals surface area contributed by atoms with Gasteiger partial charge in [-0.1, -0.05) is 309 Å². The molecule has 2 atom stereocenters. The lowest BCUT2D eigenvalue weighted by Crippen LogP contribution is -2.37. The summed E-state index contributed by atoms with van der Waals surface area (Å²) in [5.41, 5.74) is 0. The molecule has 2 unspecified atom stereocenters. The van der Waals surface area contributed by atoms with Crippen molar-refractivity contribution in [3.8, 4) is 0 Å². The van der Waals surface area contributed by atoms with Gasteiger partial charge in [0.25, 0.3) is 0 Å². The molecule has 0 saturated heterocycles. The van der Waals surface area contributed by atoms with Crippen molar-refractivity contribution in [2.45, 2.75) is 315 Å². The Bertz CT molecular complexity index is 1900. The molecule has 0 rings (SSSR count). The number of carbonyl (C=O) groups excluding carboxylic acids is 2. The standard InChI is InChI=1S/C78H136NO8P/c1-6-8-10-12-14-16-18-20-22-24-26-28-30-32-33-34-35-36-37-38-39-40-41-42-43-44-45-47-49-51-53-55-57-59-61-63-65-67-69-71-78(81)87-76(75-86-88(82,83)85-73-72-79(3,4)5)74-84-77(80)70-68-66-64-62-60-58-56-54-52-50-48-46-31-29-27-25-23-21-19-17-15-13-11-9-7-2/h8,10,14,16,19-22,25-28,31-33,35-36,38-39,46,76H,6-7,9,11-13,15,17-18,23-24,29-30,34,37,40-45,47-75H2,1-5H3/p+1/b10-8-,16-14-,21-19-,22-20-,27-25-,28-26-,33-32-,36-35-,39-38-,46-31-. The molecule has 0 aromatic heterocycles. The Hall–Kier alpha value is -3.59. The molecular weight excluding hydrogens is 1110 g/mol. The Balaban J connectivity index is 4.02. The number of likely N-dealkylation sites (N-methyl/N-ethyl adjacent to an activating group) is 1. The number of ether oxygens (including phenoxy) is 2. The third kappa shape index (κ3) is 71.5. The third-order valence-corrected chi connectivity index (χ3v) is 16.5. The molecule has 0 aromatic carbocycles. The van der Waals surface area contributed by atoms with Gasteiger partial charge in [0.2, 0.25) is 0 Å². The van der Waals surface area contributed by atoms with Crippen LogP contribution >= 0.6 is 7.82 Å². The van der Waals surface area contributed by atoms with Crippen LogP contribution in [0.1, 0.15) is 309 Å². The zero-order valence-electron chi connectivity index (χ0n) is 57.7. The predicted molar refractivity (Wildman–Crippen MR) is 381 cm³/mol. The average molecular weight is 1250 g/mol.